The van der Waals surface area contributed by atoms with Gasteiger partial charge in [-0.05, 0) is 49.6 Å². The first kappa shape index (κ1) is 19.1. The summed E-state index contributed by atoms with van der Waals surface area (Å²) in [7, 11) is 3.76. The predicted molar refractivity (Wildman–Crippen MR) is 116 cm³/mol. The highest BCUT2D eigenvalue weighted by molar-refractivity contribution is 5.85. The van der Waals surface area contributed by atoms with Gasteiger partial charge in [-0.3, -0.25) is 0 Å². The van der Waals surface area contributed by atoms with E-state index in [1.165, 1.54) is 6.42 Å². The van der Waals surface area contributed by atoms with Crippen molar-refractivity contribution in [3.63, 3.8) is 0 Å². The Morgan fingerprint density at radius 2 is 1.97 bits per heavy atom. The lowest BCUT2D eigenvalue weighted by atomic mass is 9.79. The first-order chi connectivity index (χ1) is 14.6. The largest absolute Gasteiger partial charge is 0.497 e. The van der Waals surface area contributed by atoms with Crippen molar-refractivity contribution in [2.45, 2.75) is 25.2 Å². The molecule has 7 heteroatoms. The van der Waals surface area contributed by atoms with Gasteiger partial charge in [0.05, 0.1) is 23.6 Å². The molecule has 2 aromatic heterocycles. The standard InChI is InChI=1S/C23H26N4O3/c1-26-9-11-27(12-10-26)21-17(7-4-8-24-21)22-25-19-14-16(29-2)13-18(15-5-3-6-15)20(19)23(28)30-22/h4,7-8,13-15H,3,5-6,9-12H2,1-2H3. The summed E-state index contributed by atoms with van der Waals surface area (Å²) in [5, 5.41) is 0.578. The van der Waals surface area contributed by atoms with Gasteiger partial charge in [0, 0.05) is 38.4 Å². The van der Waals surface area contributed by atoms with Crippen molar-refractivity contribution in [2.24, 2.45) is 0 Å². The predicted octanol–water partition coefficient (Wildman–Crippen LogP) is 3.28. The zero-order valence-electron chi connectivity index (χ0n) is 17.4. The molecule has 2 fully saturated rings. The van der Waals surface area contributed by atoms with Crippen LogP contribution in [0, 0.1) is 0 Å². The number of rotatable bonds is 4. The third-order valence-corrected chi connectivity index (χ3v) is 6.34. The zero-order valence-corrected chi connectivity index (χ0v) is 17.4. The Morgan fingerprint density at radius 1 is 1.17 bits per heavy atom. The number of methoxy groups -OCH3 is 1. The molecule has 0 atom stereocenters. The molecule has 0 N–H and O–H groups in total. The van der Waals surface area contributed by atoms with Gasteiger partial charge in [-0.2, -0.15) is 0 Å². The molecule has 0 amide bonds. The molecule has 5 rings (SSSR count). The molecular formula is C23H26N4O3. The molecular weight excluding hydrogens is 380 g/mol. The van der Waals surface area contributed by atoms with Crippen LogP contribution in [0.1, 0.15) is 30.7 Å². The van der Waals surface area contributed by atoms with E-state index in [4.69, 9.17) is 14.1 Å². The fraction of sp³-hybridized carbons (Fsp3) is 0.435. The summed E-state index contributed by atoms with van der Waals surface area (Å²) in [4.78, 5) is 27.0. The van der Waals surface area contributed by atoms with Crippen LogP contribution in [0.15, 0.2) is 39.7 Å². The first-order valence-corrected chi connectivity index (χ1v) is 10.6. The molecule has 0 unspecified atom stereocenters. The van der Waals surface area contributed by atoms with E-state index in [0.717, 1.165) is 61.7 Å². The van der Waals surface area contributed by atoms with E-state index in [2.05, 4.69) is 21.8 Å². The Labute approximate surface area is 175 Å². The summed E-state index contributed by atoms with van der Waals surface area (Å²) >= 11 is 0. The second-order valence-corrected chi connectivity index (χ2v) is 8.21. The highest BCUT2D eigenvalue weighted by atomic mass is 16.5. The molecule has 156 valence electrons. The lowest BCUT2D eigenvalue weighted by molar-refractivity contribution is 0.312. The van der Waals surface area contributed by atoms with Gasteiger partial charge in [0.25, 0.3) is 0 Å². The van der Waals surface area contributed by atoms with Crippen LogP contribution < -0.4 is 15.3 Å². The number of benzene rings is 1. The molecule has 1 aliphatic carbocycles. The fourth-order valence-electron chi connectivity index (χ4n) is 4.31. The molecule has 0 spiro atoms. The molecule has 30 heavy (non-hydrogen) atoms. The van der Waals surface area contributed by atoms with E-state index >= 15 is 0 Å². The lowest BCUT2D eigenvalue weighted by Gasteiger charge is -2.33. The molecule has 1 saturated carbocycles. The van der Waals surface area contributed by atoms with Gasteiger partial charge in [-0.25, -0.2) is 14.8 Å². The second-order valence-electron chi connectivity index (χ2n) is 8.21. The quantitative estimate of drug-likeness (QED) is 0.658. The minimum atomic E-state index is -0.340. The van der Waals surface area contributed by atoms with Crippen LogP contribution in [-0.2, 0) is 0 Å². The van der Waals surface area contributed by atoms with Crippen LogP contribution in [-0.4, -0.2) is 55.2 Å². The maximum Gasteiger partial charge on any atom is 0.347 e. The van der Waals surface area contributed by atoms with E-state index in [1.807, 2.05) is 24.3 Å². The van der Waals surface area contributed by atoms with Crippen molar-refractivity contribution in [1.29, 1.82) is 0 Å². The van der Waals surface area contributed by atoms with Gasteiger partial charge in [0.1, 0.15) is 11.6 Å². The minimum Gasteiger partial charge on any atom is -0.497 e. The number of fused-ring (bicyclic) bond motifs is 1. The average molecular weight is 406 g/mol. The van der Waals surface area contributed by atoms with Gasteiger partial charge in [-0.1, -0.05) is 6.42 Å². The van der Waals surface area contributed by atoms with Crippen molar-refractivity contribution in [3.8, 4) is 17.2 Å². The maximum absolute atomic E-state index is 13.1. The summed E-state index contributed by atoms with van der Waals surface area (Å²) in [5.74, 6) is 2.21. The van der Waals surface area contributed by atoms with Gasteiger partial charge >= 0.3 is 5.63 Å². The third-order valence-electron chi connectivity index (χ3n) is 6.34. The highest BCUT2D eigenvalue weighted by Gasteiger charge is 2.26. The molecule has 0 radical (unpaired) electrons. The molecule has 2 aliphatic rings. The Hall–Kier alpha value is -2.93. The number of aromatic nitrogens is 2. The number of nitrogens with zero attached hydrogens (tertiary/aromatic N) is 4. The molecule has 1 aromatic carbocycles. The Morgan fingerprint density at radius 3 is 2.67 bits per heavy atom. The van der Waals surface area contributed by atoms with E-state index < -0.39 is 0 Å². The number of ether oxygens (including phenoxy) is 1. The molecule has 1 saturated heterocycles. The number of pyridine rings is 1. The van der Waals surface area contributed by atoms with Crippen molar-refractivity contribution in [3.05, 3.63) is 46.4 Å². The van der Waals surface area contributed by atoms with Crippen LogP contribution in [0.3, 0.4) is 0 Å². The summed E-state index contributed by atoms with van der Waals surface area (Å²) in [6.45, 7) is 3.68. The SMILES string of the molecule is COc1cc(C2CCC2)c2c(=O)oc(-c3cccnc3N3CCN(C)CC3)nc2c1. The smallest absolute Gasteiger partial charge is 0.347 e. The summed E-state index contributed by atoms with van der Waals surface area (Å²) in [6, 6.07) is 7.56. The number of hydrogen-bond donors (Lipinski definition) is 0. The summed E-state index contributed by atoms with van der Waals surface area (Å²) in [5.41, 5.74) is 2.02. The number of piperazine rings is 1. The second kappa shape index (κ2) is 7.72. The molecule has 0 bridgehead atoms. The number of likely N-dealkylation sites (N-methyl/N-ethyl adjacent to an activating group) is 1. The van der Waals surface area contributed by atoms with Crippen molar-refractivity contribution >= 4 is 16.7 Å². The highest BCUT2D eigenvalue weighted by Crippen LogP contribution is 2.40. The third kappa shape index (κ3) is 3.33. The van der Waals surface area contributed by atoms with Crippen LogP contribution >= 0.6 is 0 Å². The van der Waals surface area contributed by atoms with E-state index in [9.17, 15) is 4.79 Å². The maximum atomic E-state index is 13.1. The molecule has 7 nitrogen and oxygen atoms in total. The van der Waals surface area contributed by atoms with Crippen LogP contribution in [0.25, 0.3) is 22.4 Å². The molecule has 3 aromatic rings. The Balaban J connectivity index is 1.63. The molecule has 3 heterocycles. The normalized spacial score (nSPS) is 17.9. The van der Waals surface area contributed by atoms with E-state index in [1.54, 1.807) is 13.3 Å². The Kier molecular flexibility index (Phi) is 4.90. The van der Waals surface area contributed by atoms with Gasteiger partial charge in [-0.15, -0.1) is 0 Å². The summed E-state index contributed by atoms with van der Waals surface area (Å²) < 4.78 is 11.3. The van der Waals surface area contributed by atoms with Crippen LogP contribution in [0.5, 0.6) is 5.75 Å². The van der Waals surface area contributed by atoms with Gasteiger partial charge in [0.2, 0.25) is 5.89 Å². The number of anilines is 1. The topological polar surface area (TPSA) is 71.7 Å². The van der Waals surface area contributed by atoms with Crippen molar-refractivity contribution in [2.75, 3.05) is 45.2 Å². The first-order valence-electron chi connectivity index (χ1n) is 10.6. The zero-order chi connectivity index (χ0) is 20.7. The van der Waals surface area contributed by atoms with Crippen molar-refractivity contribution < 1.29 is 9.15 Å². The van der Waals surface area contributed by atoms with Crippen molar-refractivity contribution in [1.82, 2.24) is 14.9 Å². The van der Waals surface area contributed by atoms with Gasteiger partial charge < -0.3 is 19.0 Å². The molecule has 1 aliphatic heterocycles. The monoisotopic (exact) mass is 406 g/mol. The number of hydrogen-bond acceptors (Lipinski definition) is 7. The van der Waals surface area contributed by atoms with Gasteiger partial charge in [0.15, 0.2) is 0 Å². The van der Waals surface area contributed by atoms with E-state index in [-0.39, 0.29) is 5.63 Å². The minimum absolute atomic E-state index is 0.308. The Bertz CT molecular complexity index is 1130. The van der Waals surface area contributed by atoms with E-state index in [0.29, 0.717) is 22.7 Å². The lowest BCUT2D eigenvalue weighted by Crippen LogP contribution is -2.45. The fourth-order valence-corrected chi connectivity index (χ4v) is 4.31. The average Bonchev–Trinajstić information content (AvgIpc) is 2.72. The van der Waals surface area contributed by atoms with Crippen LogP contribution in [0.4, 0.5) is 5.82 Å². The summed E-state index contributed by atoms with van der Waals surface area (Å²) in [6.07, 6.45) is 5.12. The van der Waals surface area contributed by atoms with Crippen LogP contribution in [0.2, 0.25) is 0 Å².